The first-order chi connectivity index (χ1) is 10.3. The summed E-state index contributed by atoms with van der Waals surface area (Å²) in [7, 11) is 1.66. The molecule has 1 aromatic carbocycles. The second-order valence-electron chi connectivity index (χ2n) is 4.59. The van der Waals surface area contributed by atoms with Crippen molar-refractivity contribution >= 4 is 0 Å². The highest BCUT2D eigenvalue weighted by Crippen LogP contribution is 2.12. The Hall–Kier alpha value is -2.70. The van der Waals surface area contributed by atoms with Gasteiger partial charge in [0.1, 0.15) is 30.6 Å². The molecule has 3 rings (SSSR count). The SMILES string of the molecule is COc1ccc(Cn2ncnc2CCn2cncn2)cc1. The summed E-state index contributed by atoms with van der Waals surface area (Å²) in [5, 5.41) is 8.37. The minimum Gasteiger partial charge on any atom is -0.497 e. The number of methoxy groups -OCH3 is 1. The number of rotatable bonds is 6. The summed E-state index contributed by atoms with van der Waals surface area (Å²) in [5.74, 6) is 1.78. The largest absolute Gasteiger partial charge is 0.497 e. The van der Waals surface area contributed by atoms with Crippen LogP contribution in [-0.2, 0) is 19.5 Å². The standard InChI is InChI=1S/C14H16N6O/c1-21-13-4-2-12(3-5-13)8-20-14(16-10-18-20)6-7-19-11-15-9-17-19/h2-5,9-11H,6-8H2,1H3. The van der Waals surface area contributed by atoms with Crippen molar-refractivity contribution in [3.05, 3.63) is 54.6 Å². The van der Waals surface area contributed by atoms with Crippen LogP contribution in [-0.4, -0.2) is 36.6 Å². The Kier molecular flexibility index (Phi) is 3.90. The van der Waals surface area contributed by atoms with E-state index in [0.717, 1.165) is 30.1 Å². The molecule has 0 bridgehead atoms. The number of hydrogen-bond donors (Lipinski definition) is 0. The van der Waals surface area contributed by atoms with E-state index in [9.17, 15) is 0 Å². The first-order valence-corrected chi connectivity index (χ1v) is 6.67. The second kappa shape index (κ2) is 6.17. The lowest BCUT2D eigenvalue weighted by Gasteiger charge is -2.07. The van der Waals surface area contributed by atoms with E-state index in [1.807, 2.05) is 28.9 Å². The summed E-state index contributed by atoms with van der Waals surface area (Å²) < 4.78 is 8.84. The van der Waals surface area contributed by atoms with Crippen LogP contribution in [0.25, 0.3) is 0 Å². The molecule has 7 nitrogen and oxygen atoms in total. The van der Waals surface area contributed by atoms with Crippen molar-refractivity contribution in [2.45, 2.75) is 19.5 Å². The fourth-order valence-corrected chi connectivity index (χ4v) is 2.08. The van der Waals surface area contributed by atoms with Gasteiger partial charge in [-0.2, -0.15) is 10.2 Å². The van der Waals surface area contributed by atoms with Gasteiger partial charge in [0.05, 0.1) is 13.7 Å². The summed E-state index contributed by atoms with van der Waals surface area (Å²) in [6.07, 6.45) is 5.58. The Bertz CT molecular complexity index is 674. The minimum atomic E-state index is 0.691. The highest BCUT2D eigenvalue weighted by Gasteiger charge is 2.06. The van der Waals surface area contributed by atoms with E-state index >= 15 is 0 Å². The molecule has 0 saturated heterocycles. The Labute approximate surface area is 122 Å². The molecule has 0 amide bonds. The molecule has 0 spiro atoms. The fourth-order valence-electron chi connectivity index (χ4n) is 2.08. The Morgan fingerprint density at radius 1 is 1.10 bits per heavy atom. The highest BCUT2D eigenvalue weighted by atomic mass is 16.5. The molecular formula is C14H16N6O. The lowest BCUT2D eigenvalue weighted by Crippen LogP contribution is -2.10. The molecule has 21 heavy (non-hydrogen) atoms. The molecule has 3 aromatic rings. The number of benzene rings is 1. The second-order valence-corrected chi connectivity index (χ2v) is 4.59. The quantitative estimate of drug-likeness (QED) is 0.679. The van der Waals surface area contributed by atoms with E-state index in [1.165, 1.54) is 6.33 Å². The van der Waals surface area contributed by atoms with E-state index in [-0.39, 0.29) is 0 Å². The molecule has 2 aromatic heterocycles. The lowest BCUT2D eigenvalue weighted by molar-refractivity contribution is 0.414. The van der Waals surface area contributed by atoms with Crippen LogP contribution < -0.4 is 4.74 Å². The van der Waals surface area contributed by atoms with Gasteiger partial charge in [-0.15, -0.1) is 0 Å². The maximum absolute atomic E-state index is 5.16. The van der Waals surface area contributed by atoms with Crippen LogP contribution in [0.15, 0.2) is 43.2 Å². The van der Waals surface area contributed by atoms with Crippen molar-refractivity contribution in [3.63, 3.8) is 0 Å². The van der Waals surface area contributed by atoms with Gasteiger partial charge < -0.3 is 4.74 Å². The average molecular weight is 284 g/mol. The highest BCUT2D eigenvalue weighted by molar-refractivity contribution is 5.27. The first kappa shape index (κ1) is 13.3. The van der Waals surface area contributed by atoms with E-state index in [4.69, 9.17) is 4.74 Å². The lowest BCUT2D eigenvalue weighted by atomic mass is 10.2. The maximum Gasteiger partial charge on any atom is 0.138 e. The molecule has 0 unspecified atom stereocenters. The van der Waals surface area contributed by atoms with Crippen molar-refractivity contribution in [1.29, 1.82) is 0 Å². The Morgan fingerprint density at radius 3 is 2.67 bits per heavy atom. The van der Waals surface area contributed by atoms with Gasteiger partial charge in [-0.25, -0.2) is 14.6 Å². The fraction of sp³-hybridized carbons (Fsp3) is 0.286. The summed E-state index contributed by atoms with van der Waals surface area (Å²) in [5.41, 5.74) is 1.16. The van der Waals surface area contributed by atoms with Crippen LogP contribution in [0.1, 0.15) is 11.4 Å². The van der Waals surface area contributed by atoms with Crippen LogP contribution in [0.2, 0.25) is 0 Å². The van der Waals surface area contributed by atoms with E-state index in [1.54, 1.807) is 24.4 Å². The van der Waals surface area contributed by atoms with E-state index in [2.05, 4.69) is 20.2 Å². The van der Waals surface area contributed by atoms with Gasteiger partial charge >= 0.3 is 0 Å². The molecule has 0 aliphatic carbocycles. The predicted molar refractivity (Wildman–Crippen MR) is 75.8 cm³/mol. The van der Waals surface area contributed by atoms with Gasteiger partial charge in [0.15, 0.2) is 0 Å². The summed E-state index contributed by atoms with van der Waals surface area (Å²) in [6.45, 7) is 1.43. The predicted octanol–water partition coefficient (Wildman–Crippen LogP) is 1.17. The van der Waals surface area contributed by atoms with Gasteiger partial charge in [-0.1, -0.05) is 12.1 Å². The summed E-state index contributed by atoms with van der Waals surface area (Å²) in [4.78, 5) is 8.24. The zero-order chi connectivity index (χ0) is 14.5. The molecule has 108 valence electrons. The zero-order valence-corrected chi connectivity index (χ0v) is 11.8. The van der Waals surface area contributed by atoms with Crippen molar-refractivity contribution < 1.29 is 4.74 Å². The third-order valence-corrected chi connectivity index (χ3v) is 3.22. The molecule has 0 aliphatic heterocycles. The molecule has 2 heterocycles. The number of hydrogen-bond acceptors (Lipinski definition) is 5. The number of ether oxygens (including phenoxy) is 1. The maximum atomic E-state index is 5.16. The van der Waals surface area contributed by atoms with Gasteiger partial charge in [0.25, 0.3) is 0 Å². The van der Waals surface area contributed by atoms with Crippen molar-refractivity contribution in [2.75, 3.05) is 7.11 Å². The van der Waals surface area contributed by atoms with Gasteiger partial charge in [-0.3, -0.25) is 4.68 Å². The first-order valence-electron chi connectivity index (χ1n) is 6.67. The molecular weight excluding hydrogens is 268 g/mol. The third kappa shape index (κ3) is 3.25. The molecule has 0 atom stereocenters. The number of aryl methyl sites for hydroxylation is 2. The van der Waals surface area contributed by atoms with Crippen LogP contribution in [0.5, 0.6) is 5.75 Å². The number of nitrogens with zero attached hydrogens (tertiary/aromatic N) is 6. The topological polar surface area (TPSA) is 70.7 Å². The third-order valence-electron chi connectivity index (χ3n) is 3.22. The van der Waals surface area contributed by atoms with Crippen LogP contribution in [0.4, 0.5) is 0 Å². The molecule has 7 heteroatoms. The van der Waals surface area contributed by atoms with E-state index in [0.29, 0.717) is 6.54 Å². The average Bonchev–Trinajstić information content (AvgIpc) is 3.17. The van der Waals surface area contributed by atoms with Crippen LogP contribution in [0, 0.1) is 0 Å². The molecule has 0 N–H and O–H groups in total. The van der Waals surface area contributed by atoms with Gasteiger partial charge in [0.2, 0.25) is 0 Å². The summed E-state index contributed by atoms with van der Waals surface area (Å²) >= 11 is 0. The van der Waals surface area contributed by atoms with E-state index < -0.39 is 0 Å². The molecule has 0 radical (unpaired) electrons. The van der Waals surface area contributed by atoms with Crippen LogP contribution >= 0.6 is 0 Å². The van der Waals surface area contributed by atoms with Crippen molar-refractivity contribution in [2.24, 2.45) is 0 Å². The Balaban J connectivity index is 1.66. The van der Waals surface area contributed by atoms with Crippen LogP contribution in [0.3, 0.4) is 0 Å². The van der Waals surface area contributed by atoms with Gasteiger partial charge in [0, 0.05) is 13.0 Å². The van der Waals surface area contributed by atoms with Gasteiger partial charge in [-0.05, 0) is 17.7 Å². The minimum absolute atomic E-state index is 0.691. The summed E-state index contributed by atoms with van der Waals surface area (Å²) in [6, 6.07) is 7.95. The molecule has 0 fully saturated rings. The normalized spacial score (nSPS) is 10.7. The van der Waals surface area contributed by atoms with Crippen molar-refractivity contribution in [1.82, 2.24) is 29.5 Å². The number of aromatic nitrogens is 6. The smallest absolute Gasteiger partial charge is 0.138 e. The molecule has 0 saturated carbocycles. The zero-order valence-electron chi connectivity index (χ0n) is 11.8. The molecule has 0 aliphatic rings. The monoisotopic (exact) mass is 284 g/mol. The van der Waals surface area contributed by atoms with Crippen molar-refractivity contribution in [3.8, 4) is 5.75 Å². The Morgan fingerprint density at radius 2 is 1.95 bits per heavy atom.